The van der Waals surface area contributed by atoms with E-state index in [4.69, 9.17) is 9.47 Å². The molecule has 2 unspecified atom stereocenters. The Morgan fingerprint density at radius 2 is 1.45 bits per heavy atom. The van der Waals surface area contributed by atoms with Gasteiger partial charge in [-0.05, 0) is 19.3 Å². The Labute approximate surface area is 241 Å². The van der Waals surface area contributed by atoms with Crippen LogP contribution in [0.2, 0.25) is 0 Å². The van der Waals surface area contributed by atoms with Crippen molar-refractivity contribution < 1.29 is 39.8 Å². The van der Waals surface area contributed by atoms with E-state index in [9.17, 15) is 30.3 Å². The molecule has 9 nitrogen and oxygen atoms in total. The van der Waals surface area contributed by atoms with Crippen molar-refractivity contribution in [1.82, 2.24) is 5.32 Å². The van der Waals surface area contributed by atoms with Crippen molar-refractivity contribution in [2.24, 2.45) is 0 Å². The van der Waals surface area contributed by atoms with Gasteiger partial charge >= 0.3 is 0 Å². The minimum absolute atomic E-state index is 0.206. The van der Waals surface area contributed by atoms with Crippen LogP contribution >= 0.6 is 0 Å². The zero-order chi connectivity index (χ0) is 29.6. The first-order chi connectivity index (χ1) is 19.3. The van der Waals surface area contributed by atoms with Gasteiger partial charge in [-0.25, -0.2) is 0 Å². The van der Waals surface area contributed by atoms with Crippen LogP contribution in [0.3, 0.4) is 0 Å². The zero-order valence-electron chi connectivity index (χ0n) is 24.8. The molecule has 0 saturated carbocycles. The summed E-state index contributed by atoms with van der Waals surface area (Å²) in [5.74, 6) is -0.206. The number of aliphatic hydroxyl groups is 5. The summed E-state index contributed by atoms with van der Waals surface area (Å²) in [5.41, 5.74) is 0. The van der Waals surface area contributed by atoms with Crippen LogP contribution in [-0.4, -0.2) is 87.5 Å². The molecule has 0 radical (unpaired) electrons. The molecule has 234 valence electrons. The Kier molecular flexibility index (Phi) is 21.3. The maximum Gasteiger partial charge on any atom is 0.220 e. The molecule has 0 spiro atoms. The molecule has 0 aromatic heterocycles. The van der Waals surface area contributed by atoms with Crippen LogP contribution in [0.15, 0.2) is 24.3 Å². The third-order valence-corrected chi connectivity index (χ3v) is 7.33. The summed E-state index contributed by atoms with van der Waals surface area (Å²) in [6.45, 7) is 3.61. The van der Waals surface area contributed by atoms with Crippen molar-refractivity contribution in [2.45, 2.75) is 153 Å². The summed E-state index contributed by atoms with van der Waals surface area (Å²) in [4.78, 5) is 12.6. The van der Waals surface area contributed by atoms with Crippen molar-refractivity contribution in [2.75, 3.05) is 13.2 Å². The molecule has 0 bridgehead atoms. The van der Waals surface area contributed by atoms with E-state index in [1.54, 1.807) is 12.2 Å². The van der Waals surface area contributed by atoms with Crippen LogP contribution in [0.25, 0.3) is 0 Å². The Balaban J connectivity index is 2.63. The molecule has 1 aliphatic rings. The molecular weight excluding hydrogens is 514 g/mol. The predicted molar refractivity (Wildman–Crippen MR) is 157 cm³/mol. The van der Waals surface area contributed by atoms with Gasteiger partial charge in [-0.3, -0.25) is 4.79 Å². The number of nitrogens with one attached hydrogen (secondary N) is 1. The van der Waals surface area contributed by atoms with E-state index in [0.717, 1.165) is 32.1 Å². The summed E-state index contributed by atoms with van der Waals surface area (Å²) in [6, 6.07) is -0.826. The van der Waals surface area contributed by atoms with Crippen molar-refractivity contribution in [3.8, 4) is 0 Å². The second-order valence-corrected chi connectivity index (χ2v) is 10.9. The maximum atomic E-state index is 12.6. The van der Waals surface area contributed by atoms with Crippen LogP contribution in [0, 0.1) is 0 Å². The summed E-state index contributed by atoms with van der Waals surface area (Å²) in [6.07, 6.45) is 15.4. The fourth-order valence-corrected chi connectivity index (χ4v) is 4.68. The van der Waals surface area contributed by atoms with Crippen molar-refractivity contribution in [3.63, 3.8) is 0 Å². The second kappa shape index (κ2) is 23.3. The fourth-order valence-electron chi connectivity index (χ4n) is 4.68. The van der Waals surface area contributed by atoms with Crippen LogP contribution in [0.4, 0.5) is 0 Å². The van der Waals surface area contributed by atoms with Gasteiger partial charge in [0, 0.05) is 6.42 Å². The minimum atomic E-state index is -1.57. The first kappa shape index (κ1) is 36.7. The number of hydrogen-bond acceptors (Lipinski definition) is 8. The SMILES string of the molecule is CCCCCCCC/C=C/C=C/[C@@H](O)[C@H](CO[C@@H]1O[C@H](CO)[C@@H](O)C(O)C1O)NC(=O)CCCCCCCCC. The van der Waals surface area contributed by atoms with Crippen LogP contribution in [0.1, 0.15) is 110 Å². The number of hydrogen-bond donors (Lipinski definition) is 6. The zero-order valence-corrected chi connectivity index (χ0v) is 24.8. The van der Waals surface area contributed by atoms with Gasteiger partial charge in [0.25, 0.3) is 0 Å². The molecule has 1 fully saturated rings. The molecule has 0 aromatic carbocycles. The van der Waals surface area contributed by atoms with Gasteiger partial charge in [0.05, 0.1) is 25.4 Å². The highest BCUT2D eigenvalue weighted by Crippen LogP contribution is 2.22. The lowest BCUT2D eigenvalue weighted by Gasteiger charge is -2.40. The normalized spacial score (nSPS) is 25.0. The monoisotopic (exact) mass is 571 g/mol. The molecule has 6 N–H and O–H groups in total. The molecule has 0 aliphatic carbocycles. The van der Waals surface area contributed by atoms with E-state index in [0.29, 0.717) is 6.42 Å². The first-order valence-corrected chi connectivity index (χ1v) is 15.6. The highest BCUT2D eigenvalue weighted by Gasteiger charge is 2.44. The number of aliphatic hydroxyl groups excluding tert-OH is 5. The topological polar surface area (TPSA) is 149 Å². The van der Waals surface area contributed by atoms with Gasteiger partial charge in [0.15, 0.2) is 6.29 Å². The molecule has 1 aliphatic heterocycles. The van der Waals surface area contributed by atoms with Crippen molar-refractivity contribution in [3.05, 3.63) is 24.3 Å². The Morgan fingerprint density at radius 3 is 2.08 bits per heavy atom. The molecule has 1 rings (SSSR count). The maximum absolute atomic E-state index is 12.6. The Bertz CT molecular complexity index is 686. The predicted octanol–water partition coefficient (Wildman–Crippen LogP) is 3.65. The Morgan fingerprint density at radius 1 is 0.850 bits per heavy atom. The minimum Gasteiger partial charge on any atom is -0.394 e. The number of allylic oxidation sites excluding steroid dienone is 3. The lowest BCUT2D eigenvalue weighted by Crippen LogP contribution is -2.60. The van der Waals surface area contributed by atoms with E-state index in [-0.39, 0.29) is 12.5 Å². The van der Waals surface area contributed by atoms with E-state index < -0.39 is 49.5 Å². The second-order valence-electron chi connectivity index (χ2n) is 10.9. The number of rotatable bonds is 23. The largest absolute Gasteiger partial charge is 0.394 e. The van der Waals surface area contributed by atoms with E-state index >= 15 is 0 Å². The van der Waals surface area contributed by atoms with Gasteiger partial charge in [-0.2, -0.15) is 0 Å². The molecule has 40 heavy (non-hydrogen) atoms. The summed E-state index contributed by atoms with van der Waals surface area (Å²) >= 11 is 0. The fraction of sp³-hybridized carbons (Fsp3) is 0.839. The third kappa shape index (κ3) is 15.6. The lowest BCUT2D eigenvalue weighted by atomic mass is 9.99. The molecular formula is C31H57NO8. The molecule has 1 heterocycles. The molecule has 0 aromatic rings. The third-order valence-electron chi connectivity index (χ3n) is 7.33. The Hall–Kier alpha value is -1.33. The average Bonchev–Trinajstić information content (AvgIpc) is 2.95. The molecule has 9 heteroatoms. The van der Waals surface area contributed by atoms with Crippen molar-refractivity contribution in [1.29, 1.82) is 0 Å². The number of amides is 1. The first-order valence-electron chi connectivity index (χ1n) is 15.6. The summed E-state index contributed by atoms with van der Waals surface area (Å²) in [7, 11) is 0. The molecule has 7 atom stereocenters. The average molecular weight is 572 g/mol. The van der Waals surface area contributed by atoms with Gasteiger partial charge in [-0.15, -0.1) is 0 Å². The van der Waals surface area contributed by atoms with E-state index in [1.807, 2.05) is 6.08 Å². The summed E-state index contributed by atoms with van der Waals surface area (Å²) < 4.78 is 11.0. The van der Waals surface area contributed by atoms with E-state index in [2.05, 4.69) is 25.2 Å². The number of carbonyl (C=O) groups excluding carboxylic acids is 1. The standard InChI is InChI=1S/C31H57NO8/c1-3-5-7-9-11-12-13-15-16-18-20-25(34)24(32-27(35)21-19-17-14-10-8-6-4-2)23-39-31-30(38)29(37)28(36)26(22-33)40-31/h15-16,18,20,24-26,28-31,33-34,36-38H,3-14,17,19,21-23H2,1-2H3,(H,32,35)/b16-15+,20-18+/t24-,25+,26+,28+,29?,30?,31+/m0/s1. The van der Waals surface area contributed by atoms with E-state index in [1.165, 1.54) is 57.8 Å². The molecule has 1 amide bonds. The highest BCUT2D eigenvalue weighted by atomic mass is 16.7. The quantitative estimate of drug-likeness (QED) is 0.0804. The highest BCUT2D eigenvalue weighted by molar-refractivity contribution is 5.76. The molecule has 1 saturated heterocycles. The van der Waals surface area contributed by atoms with Gasteiger partial charge in [0.1, 0.15) is 24.4 Å². The van der Waals surface area contributed by atoms with Crippen LogP contribution in [-0.2, 0) is 14.3 Å². The van der Waals surface area contributed by atoms with Crippen LogP contribution in [0.5, 0.6) is 0 Å². The number of unbranched alkanes of at least 4 members (excludes halogenated alkanes) is 12. The lowest BCUT2D eigenvalue weighted by molar-refractivity contribution is -0.302. The van der Waals surface area contributed by atoms with Gasteiger partial charge in [-0.1, -0.05) is 109 Å². The van der Waals surface area contributed by atoms with Gasteiger partial charge in [0.2, 0.25) is 5.91 Å². The number of carbonyl (C=O) groups is 1. The smallest absolute Gasteiger partial charge is 0.220 e. The van der Waals surface area contributed by atoms with Crippen molar-refractivity contribution >= 4 is 5.91 Å². The number of ether oxygens (including phenoxy) is 2. The van der Waals surface area contributed by atoms with Crippen LogP contribution < -0.4 is 5.32 Å². The summed E-state index contributed by atoms with van der Waals surface area (Å²) in [5, 5.41) is 53.3. The van der Waals surface area contributed by atoms with Gasteiger partial charge < -0.3 is 40.3 Å².